The first kappa shape index (κ1) is 14.9. The van der Waals surface area contributed by atoms with Gasteiger partial charge in [0, 0.05) is 17.2 Å². The van der Waals surface area contributed by atoms with Crippen LogP contribution in [0.3, 0.4) is 0 Å². The summed E-state index contributed by atoms with van der Waals surface area (Å²) >= 11 is 0. The van der Waals surface area contributed by atoms with E-state index in [1.54, 1.807) is 0 Å². The molecule has 0 spiro atoms. The molecule has 1 atom stereocenters. The molecule has 1 N–H and O–H groups in total. The van der Waals surface area contributed by atoms with Crippen molar-refractivity contribution in [3.63, 3.8) is 0 Å². The van der Waals surface area contributed by atoms with Gasteiger partial charge in [0.15, 0.2) is 0 Å². The highest BCUT2D eigenvalue weighted by Gasteiger charge is 2.10. The third-order valence-electron chi connectivity index (χ3n) is 3.00. The predicted molar refractivity (Wildman–Crippen MR) is 72.5 cm³/mol. The van der Waals surface area contributed by atoms with Crippen molar-refractivity contribution in [3.05, 3.63) is 64.7 Å². The molecule has 0 saturated carbocycles. The minimum atomic E-state index is -0.907. The Balaban J connectivity index is 2.10. The number of rotatable bonds is 4. The Labute approximate surface area is 121 Å². The molecular formula is C16H13F2NO2. The minimum Gasteiger partial charge on any atom is -0.489 e. The van der Waals surface area contributed by atoms with Gasteiger partial charge in [0.1, 0.15) is 24.0 Å². The summed E-state index contributed by atoms with van der Waals surface area (Å²) in [5, 5.41) is 18.0. The van der Waals surface area contributed by atoms with Crippen LogP contribution in [0.5, 0.6) is 5.75 Å². The molecule has 2 rings (SSSR count). The first-order chi connectivity index (χ1) is 10.0. The zero-order valence-corrected chi connectivity index (χ0v) is 11.3. The van der Waals surface area contributed by atoms with Gasteiger partial charge in [-0.3, -0.25) is 0 Å². The van der Waals surface area contributed by atoms with Crippen molar-refractivity contribution in [2.24, 2.45) is 0 Å². The summed E-state index contributed by atoms with van der Waals surface area (Å²) in [6, 6.07) is 9.97. The number of hydrogen-bond donors (Lipinski definition) is 1. The fourth-order valence-electron chi connectivity index (χ4n) is 1.83. The number of benzene rings is 2. The fourth-order valence-corrected chi connectivity index (χ4v) is 1.83. The summed E-state index contributed by atoms with van der Waals surface area (Å²) in [4.78, 5) is 0. The maximum absolute atomic E-state index is 13.7. The monoisotopic (exact) mass is 289 g/mol. The highest BCUT2D eigenvalue weighted by molar-refractivity contribution is 5.33. The lowest BCUT2D eigenvalue weighted by Crippen LogP contribution is -2.01. The van der Waals surface area contributed by atoms with Crippen LogP contribution in [0, 0.1) is 23.0 Å². The molecule has 0 radical (unpaired) electrons. The van der Waals surface area contributed by atoms with Crippen LogP contribution in [0.25, 0.3) is 0 Å². The average molecular weight is 289 g/mol. The Hall–Kier alpha value is -2.45. The smallest absolute Gasteiger partial charge is 0.132 e. The van der Waals surface area contributed by atoms with Crippen LogP contribution >= 0.6 is 0 Å². The third-order valence-corrected chi connectivity index (χ3v) is 3.00. The first-order valence-electron chi connectivity index (χ1n) is 6.30. The zero-order valence-electron chi connectivity index (χ0n) is 11.3. The number of hydrogen-bond acceptors (Lipinski definition) is 3. The molecule has 0 bridgehead atoms. The number of aliphatic hydroxyl groups is 1. The highest BCUT2D eigenvalue weighted by atomic mass is 19.1. The van der Waals surface area contributed by atoms with E-state index in [1.807, 2.05) is 6.07 Å². The quantitative estimate of drug-likeness (QED) is 0.937. The van der Waals surface area contributed by atoms with Gasteiger partial charge >= 0.3 is 0 Å². The molecule has 21 heavy (non-hydrogen) atoms. The van der Waals surface area contributed by atoms with Gasteiger partial charge in [-0.05, 0) is 31.2 Å². The van der Waals surface area contributed by atoms with Crippen LogP contribution in [0.2, 0.25) is 0 Å². The van der Waals surface area contributed by atoms with Crippen LogP contribution in [0.4, 0.5) is 8.78 Å². The molecule has 0 unspecified atom stereocenters. The lowest BCUT2D eigenvalue weighted by molar-refractivity contribution is 0.194. The molecule has 108 valence electrons. The van der Waals surface area contributed by atoms with E-state index in [9.17, 15) is 13.9 Å². The SMILES string of the molecule is C[C@H](O)c1ccc(OCc2ccc(C#N)cc2F)cc1F. The Morgan fingerprint density at radius 1 is 1.19 bits per heavy atom. The van der Waals surface area contributed by atoms with Gasteiger partial charge in [-0.25, -0.2) is 8.78 Å². The summed E-state index contributed by atoms with van der Waals surface area (Å²) in [6.07, 6.45) is -0.907. The van der Waals surface area contributed by atoms with Gasteiger partial charge in [-0.15, -0.1) is 0 Å². The topological polar surface area (TPSA) is 53.2 Å². The number of ether oxygens (including phenoxy) is 1. The zero-order chi connectivity index (χ0) is 15.4. The van der Waals surface area contributed by atoms with E-state index < -0.39 is 17.7 Å². The Kier molecular flexibility index (Phi) is 4.51. The molecule has 0 aliphatic heterocycles. The number of nitrogens with zero attached hydrogens (tertiary/aromatic N) is 1. The van der Waals surface area contributed by atoms with E-state index in [1.165, 1.54) is 31.2 Å². The van der Waals surface area contributed by atoms with E-state index in [0.717, 1.165) is 12.1 Å². The van der Waals surface area contributed by atoms with Gasteiger partial charge < -0.3 is 9.84 Å². The van der Waals surface area contributed by atoms with E-state index in [-0.39, 0.29) is 29.0 Å². The molecule has 0 heterocycles. The maximum atomic E-state index is 13.7. The Morgan fingerprint density at radius 2 is 1.95 bits per heavy atom. The van der Waals surface area contributed by atoms with Crippen molar-refractivity contribution >= 4 is 0 Å². The Morgan fingerprint density at radius 3 is 2.52 bits per heavy atom. The molecule has 2 aromatic carbocycles. The van der Waals surface area contributed by atoms with Gasteiger partial charge in [0.25, 0.3) is 0 Å². The second-order valence-corrected chi connectivity index (χ2v) is 4.57. The largest absolute Gasteiger partial charge is 0.489 e. The molecule has 2 aromatic rings. The number of halogens is 2. The second kappa shape index (κ2) is 6.33. The number of aliphatic hydroxyl groups excluding tert-OH is 1. The van der Waals surface area contributed by atoms with Gasteiger partial charge in [0.2, 0.25) is 0 Å². The summed E-state index contributed by atoms with van der Waals surface area (Å²) in [7, 11) is 0. The number of nitriles is 1. The second-order valence-electron chi connectivity index (χ2n) is 4.57. The molecule has 0 amide bonds. The van der Waals surface area contributed by atoms with Crippen molar-refractivity contribution in [2.45, 2.75) is 19.6 Å². The molecule has 0 aromatic heterocycles. The van der Waals surface area contributed by atoms with Crippen molar-refractivity contribution < 1.29 is 18.6 Å². The fraction of sp³-hybridized carbons (Fsp3) is 0.188. The summed E-state index contributed by atoms with van der Waals surface area (Å²) < 4.78 is 32.6. The van der Waals surface area contributed by atoms with Gasteiger partial charge in [-0.1, -0.05) is 6.07 Å². The molecule has 5 heteroatoms. The van der Waals surface area contributed by atoms with Crippen LogP contribution < -0.4 is 4.74 Å². The van der Waals surface area contributed by atoms with Crippen molar-refractivity contribution in [1.82, 2.24) is 0 Å². The first-order valence-corrected chi connectivity index (χ1v) is 6.30. The molecule has 3 nitrogen and oxygen atoms in total. The standard InChI is InChI=1S/C16H13F2NO2/c1-10(20)14-5-4-13(7-16(14)18)21-9-12-3-2-11(8-19)6-15(12)17/h2-7,10,20H,9H2,1H3/t10-/m0/s1. The maximum Gasteiger partial charge on any atom is 0.132 e. The Bertz CT molecular complexity index is 693. The lowest BCUT2D eigenvalue weighted by atomic mass is 10.1. The van der Waals surface area contributed by atoms with Crippen LogP contribution in [0.15, 0.2) is 36.4 Å². The van der Waals surface area contributed by atoms with Crippen LogP contribution in [0.1, 0.15) is 29.7 Å². The van der Waals surface area contributed by atoms with E-state index in [4.69, 9.17) is 10.00 Å². The normalized spacial score (nSPS) is 11.8. The summed E-state index contributed by atoms with van der Waals surface area (Å²) in [5.41, 5.74) is 0.671. The third kappa shape index (κ3) is 3.56. The molecular weight excluding hydrogens is 276 g/mol. The van der Waals surface area contributed by atoms with Crippen LogP contribution in [-0.4, -0.2) is 5.11 Å². The molecule has 0 aliphatic carbocycles. The summed E-state index contributed by atoms with van der Waals surface area (Å²) in [5.74, 6) is -0.890. The summed E-state index contributed by atoms with van der Waals surface area (Å²) in [6.45, 7) is 1.38. The van der Waals surface area contributed by atoms with Crippen molar-refractivity contribution in [1.29, 1.82) is 5.26 Å². The minimum absolute atomic E-state index is 0.0784. The molecule has 0 saturated heterocycles. The van der Waals surface area contributed by atoms with Crippen molar-refractivity contribution in [2.75, 3.05) is 0 Å². The highest BCUT2D eigenvalue weighted by Crippen LogP contribution is 2.22. The van der Waals surface area contributed by atoms with Gasteiger partial charge in [0.05, 0.1) is 17.7 Å². The van der Waals surface area contributed by atoms with Crippen LogP contribution in [-0.2, 0) is 6.61 Å². The lowest BCUT2D eigenvalue weighted by Gasteiger charge is -2.10. The van der Waals surface area contributed by atoms with E-state index >= 15 is 0 Å². The van der Waals surface area contributed by atoms with E-state index in [2.05, 4.69) is 0 Å². The molecule has 0 fully saturated rings. The van der Waals surface area contributed by atoms with Gasteiger partial charge in [-0.2, -0.15) is 5.26 Å². The van der Waals surface area contributed by atoms with E-state index in [0.29, 0.717) is 0 Å². The molecule has 0 aliphatic rings. The average Bonchev–Trinajstić information content (AvgIpc) is 2.45. The predicted octanol–water partition coefficient (Wildman–Crippen LogP) is 3.47. The van der Waals surface area contributed by atoms with Crippen molar-refractivity contribution in [3.8, 4) is 11.8 Å².